The SMILES string of the molecule is NNC(=O)c1ccc(NCCCCCCN2C(=O)C=CC2=O)cc1S(=O)(=O)O. The second kappa shape index (κ2) is 9.44. The van der Waals surface area contributed by atoms with E-state index in [2.05, 4.69) is 5.32 Å². The van der Waals surface area contributed by atoms with Crippen molar-refractivity contribution in [2.24, 2.45) is 5.84 Å². The van der Waals surface area contributed by atoms with Crippen LogP contribution in [0.2, 0.25) is 0 Å². The molecule has 1 heterocycles. The second-order valence-corrected chi connectivity index (χ2v) is 7.55. The zero-order chi connectivity index (χ0) is 20.7. The molecule has 0 fully saturated rings. The van der Waals surface area contributed by atoms with E-state index < -0.39 is 20.9 Å². The summed E-state index contributed by atoms with van der Waals surface area (Å²) in [5, 5.41) is 3.02. The van der Waals surface area contributed by atoms with Gasteiger partial charge in [0.25, 0.3) is 27.8 Å². The topological polar surface area (TPSA) is 159 Å². The number of hydrazine groups is 1. The van der Waals surface area contributed by atoms with Gasteiger partial charge in [-0.2, -0.15) is 8.42 Å². The number of nitrogen functional groups attached to an aromatic ring is 1. The van der Waals surface area contributed by atoms with Crippen molar-refractivity contribution in [2.45, 2.75) is 30.6 Å². The Balaban J connectivity index is 1.78. The maximum atomic E-state index is 11.6. The van der Waals surface area contributed by atoms with Crippen molar-refractivity contribution in [2.75, 3.05) is 18.4 Å². The van der Waals surface area contributed by atoms with E-state index in [-0.39, 0.29) is 17.4 Å². The standard InChI is InChI=1S/C17H22N4O6S/c18-20-17(24)13-6-5-12(11-14(13)28(25,26)27)19-9-3-1-2-4-10-21-15(22)7-8-16(21)23/h5-8,11,19H,1-4,9-10,18H2,(H,20,24)(H,25,26,27). The maximum absolute atomic E-state index is 11.6. The Morgan fingerprint density at radius 1 is 1.07 bits per heavy atom. The van der Waals surface area contributed by atoms with Crippen LogP contribution >= 0.6 is 0 Å². The number of unbranched alkanes of at least 4 members (excludes halogenated alkanes) is 3. The first kappa shape index (κ1) is 21.5. The minimum atomic E-state index is -4.59. The van der Waals surface area contributed by atoms with Gasteiger partial charge in [0.2, 0.25) is 0 Å². The first-order chi connectivity index (χ1) is 13.2. The number of carbonyl (C=O) groups is 3. The van der Waals surface area contributed by atoms with E-state index in [1.807, 2.05) is 5.43 Å². The molecule has 1 aromatic rings. The number of carbonyl (C=O) groups excluding carboxylic acids is 3. The molecule has 0 atom stereocenters. The Kier molecular flexibility index (Phi) is 7.26. The van der Waals surface area contributed by atoms with E-state index in [0.29, 0.717) is 25.2 Å². The van der Waals surface area contributed by atoms with Crippen molar-refractivity contribution in [3.8, 4) is 0 Å². The number of imide groups is 1. The Labute approximate surface area is 162 Å². The van der Waals surface area contributed by atoms with Crippen molar-refractivity contribution in [3.63, 3.8) is 0 Å². The van der Waals surface area contributed by atoms with Crippen molar-refractivity contribution in [3.05, 3.63) is 35.9 Å². The molecule has 0 unspecified atom stereocenters. The molecule has 0 radical (unpaired) electrons. The lowest BCUT2D eigenvalue weighted by Crippen LogP contribution is -2.31. The lowest BCUT2D eigenvalue weighted by Gasteiger charge is -2.13. The van der Waals surface area contributed by atoms with Crippen LogP contribution in [0, 0.1) is 0 Å². The molecule has 1 aliphatic heterocycles. The van der Waals surface area contributed by atoms with Crippen molar-refractivity contribution < 1.29 is 27.4 Å². The second-order valence-electron chi connectivity index (χ2n) is 6.16. The highest BCUT2D eigenvalue weighted by Crippen LogP contribution is 2.21. The fourth-order valence-corrected chi connectivity index (χ4v) is 3.46. The summed E-state index contributed by atoms with van der Waals surface area (Å²) in [6, 6.07) is 3.93. The number of nitrogens with one attached hydrogen (secondary N) is 2. The predicted octanol–water partition coefficient (Wildman–Crippen LogP) is 0.434. The van der Waals surface area contributed by atoms with Gasteiger partial charge in [-0.05, 0) is 31.0 Å². The normalized spacial score (nSPS) is 13.9. The number of hydrogen-bond donors (Lipinski definition) is 4. The third-order valence-corrected chi connectivity index (χ3v) is 5.07. The summed E-state index contributed by atoms with van der Waals surface area (Å²) in [6.45, 7) is 0.928. The van der Waals surface area contributed by atoms with Gasteiger partial charge in [0, 0.05) is 30.9 Å². The van der Waals surface area contributed by atoms with Gasteiger partial charge < -0.3 is 5.32 Å². The molecular formula is C17H22N4O6S. The number of rotatable bonds is 10. The lowest BCUT2D eigenvalue weighted by molar-refractivity contribution is -0.136. The number of hydrogen-bond acceptors (Lipinski definition) is 7. The lowest BCUT2D eigenvalue weighted by atomic mass is 10.1. The first-order valence-electron chi connectivity index (χ1n) is 8.64. The fourth-order valence-electron chi connectivity index (χ4n) is 2.74. The summed E-state index contributed by atoms with van der Waals surface area (Å²) in [5.74, 6) is 3.61. The number of anilines is 1. The summed E-state index contributed by atoms with van der Waals surface area (Å²) < 4.78 is 32.3. The van der Waals surface area contributed by atoms with E-state index in [4.69, 9.17) is 5.84 Å². The van der Waals surface area contributed by atoms with Gasteiger partial charge in [0.05, 0.1) is 5.56 Å². The average Bonchev–Trinajstić information content (AvgIpc) is 2.97. The molecule has 0 saturated carbocycles. The molecule has 11 heteroatoms. The third kappa shape index (κ3) is 5.62. The largest absolute Gasteiger partial charge is 0.385 e. The molecule has 0 spiro atoms. The summed E-state index contributed by atoms with van der Waals surface area (Å²) in [7, 11) is -4.59. The van der Waals surface area contributed by atoms with Gasteiger partial charge in [-0.3, -0.25) is 29.3 Å². The minimum absolute atomic E-state index is 0.254. The van der Waals surface area contributed by atoms with Gasteiger partial charge in [0.1, 0.15) is 4.90 Å². The smallest absolute Gasteiger partial charge is 0.295 e. The van der Waals surface area contributed by atoms with Crippen LogP contribution in [0.25, 0.3) is 0 Å². The highest BCUT2D eigenvalue weighted by atomic mass is 32.2. The first-order valence-corrected chi connectivity index (χ1v) is 10.1. The Morgan fingerprint density at radius 2 is 1.71 bits per heavy atom. The molecule has 2 rings (SSSR count). The van der Waals surface area contributed by atoms with Gasteiger partial charge in [-0.25, -0.2) is 5.84 Å². The summed E-state index contributed by atoms with van der Waals surface area (Å²) in [4.78, 5) is 35.1. The van der Waals surface area contributed by atoms with Crippen LogP contribution in [0.5, 0.6) is 0 Å². The Morgan fingerprint density at radius 3 is 2.32 bits per heavy atom. The molecule has 0 aliphatic carbocycles. The van der Waals surface area contributed by atoms with Crippen LogP contribution in [-0.4, -0.2) is 48.7 Å². The van der Waals surface area contributed by atoms with Gasteiger partial charge >= 0.3 is 0 Å². The highest BCUT2D eigenvalue weighted by molar-refractivity contribution is 7.86. The number of nitrogens with two attached hydrogens (primary N) is 1. The summed E-state index contributed by atoms with van der Waals surface area (Å²) in [6.07, 6.45) is 5.66. The fraction of sp³-hybridized carbons (Fsp3) is 0.353. The molecule has 5 N–H and O–H groups in total. The molecule has 1 aromatic carbocycles. The Hall–Kier alpha value is -2.76. The molecular weight excluding hydrogens is 388 g/mol. The monoisotopic (exact) mass is 410 g/mol. The minimum Gasteiger partial charge on any atom is -0.385 e. The summed E-state index contributed by atoms with van der Waals surface area (Å²) >= 11 is 0. The highest BCUT2D eigenvalue weighted by Gasteiger charge is 2.22. The van der Waals surface area contributed by atoms with Crippen LogP contribution in [0.1, 0.15) is 36.0 Å². The van der Waals surface area contributed by atoms with E-state index >= 15 is 0 Å². The quantitative estimate of drug-likeness (QED) is 0.108. The molecule has 28 heavy (non-hydrogen) atoms. The summed E-state index contributed by atoms with van der Waals surface area (Å²) in [5.41, 5.74) is 2.00. The molecule has 0 bridgehead atoms. The number of benzene rings is 1. The van der Waals surface area contributed by atoms with Crippen molar-refractivity contribution in [1.82, 2.24) is 10.3 Å². The molecule has 3 amide bonds. The van der Waals surface area contributed by atoms with Crippen LogP contribution in [-0.2, 0) is 19.7 Å². The Bertz CT molecular complexity index is 879. The van der Waals surface area contributed by atoms with Crippen molar-refractivity contribution >= 4 is 33.5 Å². The van der Waals surface area contributed by atoms with E-state index in [1.54, 1.807) is 0 Å². The molecule has 0 saturated heterocycles. The van der Waals surface area contributed by atoms with Gasteiger partial charge in [0.15, 0.2) is 0 Å². The van der Waals surface area contributed by atoms with Crippen LogP contribution in [0.3, 0.4) is 0 Å². The zero-order valence-electron chi connectivity index (χ0n) is 15.1. The van der Waals surface area contributed by atoms with Crippen molar-refractivity contribution in [1.29, 1.82) is 0 Å². The number of amides is 3. The molecule has 10 nitrogen and oxygen atoms in total. The number of nitrogens with zero attached hydrogens (tertiary/aromatic N) is 1. The average molecular weight is 410 g/mol. The van der Waals surface area contributed by atoms with Gasteiger partial charge in [-0.1, -0.05) is 12.8 Å². The van der Waals surface area contributed by atoms with E-state index in [1.165, 1.54) is 29.2 Å². The molecule has 152 valence electrons. The molecule has 0 aromatic heterocycles. The maximum Gasteiger partial charge on any atom is 0.295 e. The molecule has 1 aliphatic rings. The van der Waals surface area contributed by atoms with Crippen LogP contribution in [0.4, 0.5) is 5.69 Å². The van der Waals surface area contributed by atoms with E-state index in [0.717, 1.165) is 25.3 Å². The van der Waals surface area contributed by atoms with Crippen LogP contribution < -0.4 is 16.6 Å². The predicted molar refractivity (Wildman–Crippen MR) is 101 cm³/mol. The van der Waals surface area contributed by atoms with Crippen LogP contribution in [0.15, 0.2) is 35.2 Å². The van der Waals surface area contributed by atoms with E-state index in [9.17, 15) is 27.4 Å². The van der Waals surface area contributed by atoms with Gasteiger partial charge in [-0.15, -0.1) is 0 Å². The third-order valence-electron chi connectivity index (χ3n) is 4.17. The zero-order valence-corrected chi connectivity index (χ0v) is 15.9.